The molecule has 0 aliphatic rings. The Morgan fingerprint density at radius 3 is 1.33 bits per heavy atom. The van der Waals surface area contributed by atoms with Crippen LogP contribution in [0.2, 0.25) is 0 Å². The van der Waals surface area contributed by atoms with Crippen LogP contribution in [0.3, 0.4) is 0 Å². The van der Waals surface area contributed by atoms with Gasteiger partial charge in [0.05, 0.1) is 26.4 Å². The first-order valence-corrected chi connectivity index (χ1v) is 8.74. The molecule has 0 saturated heterocycles. The van der Waals surface area contributed by atoms with Crippen molar-refractivity contribution in [2.24, 2.45) is 0 Å². The molecule has 2 unspecified atom stereocenters. The highest BCUT2D eigenvalue weighted by molar-refractivity contribution is 7.33. The topological polar surface area (TPSA) is 71.1 Å². The molecule has 0 saturated carbocycles. The van der Waals surface area contributed by atoms with Crippen LogP contribution in [-0.4, -0.2) is 26.4 Å². The van der Waals surface area contributed by atoms with Crippen LogP contribution in [0.15, 0.2) is 0 Å². The van der Waals surface area contributed by atoms with E-state index in [-0.39, 0.29) is 13.2 Å². The van der Waals surface area contributed by atoms with Crippen molar-refractivity contribution in [3.8, 4) is 0 Å². The van der Waals surface area contributed by atoms with Crippen molar-refractivity contribution in [3.05, 3.63) is 0 Å². The van der Waals surface area contributed by atoms with Gasteiger partial charge in [-0.1, -0.05) is 26.7 Å². The standard InChI is InChI=1S/C10H24O6P2/c1-3-5-7-13-17(11)15-9-10-16-18(12)14-8-6-4-2/h17-18H,3-10H2,1-2H3. The van der Waals surface area contributed by atoms with E-state index >= 15 is 0 Å². The van der Waals surface area contributed by atoms with Gasteiger partial charge in [-0.25, -0.2) is 0 Å². The van der Waals surface area contributed by atoms with E-state index in [1.807, 2.05) is 13.8 Å². The first-order valence-electron chi connectivity index (χ1n) is 6.29. The summed E-state index contributed by atoms with van der Waals surface area (Å²) in [5.41, 5.74) is 0. The van der Waals surface area contributed by atoms with Gasteiger partial charge in [-0.15, -0.1) is 0 Å². The quantitative estimate of drug-likeness (QED) is 0.383. The molecule has 0 radical (unpaired) electrons. The van der Waals surface area contributed by atoms with Crippen molar-refractivity contribution in [2.45, 2.75) is 39.5 Å². The van der Waals surface area contributed by atoms with Crippen LogP contribution >= 0.6 is 16.5 Å². The first kappa shape index (κ1) is 18.3. The summed E-state index contributed by atoms with van der Waals surface area (Å²) < 4.78 is 42.0. The number of rotatable bonds is 13. The molecule has 0 spiro atoms. The minimum absolute atomic E-state index is 0.0947. The number of hydrogen-bond donors (Lipinski definition) is 0. The maximum absolute atomic E-state index is 11.2. The van der Waals surface area contributed by atoms with E-state index in [9.17, 15) is 9.13 Å². The minimum atomic E-state index is -2.44. The molecule has 0 rings (SSSR count). The third kappa shape index (κ3) is 12.7. The summed E-state index contributed by atoms with van der Waals surface area (Å²) in [5.74, 6) is 0. The molecule has 6 nitrogen and oxygen atoms in total. The Hall–Kier alpha value is 0.300. The molecule has 0 amide bonds. The lowest BCUT2D eigenvalue weighted by atomic mass is 10.4. The van der Waals surface area contributed by atoms with Crippen molar-refractivity contribution in [1.82, 2.24) is 0 Å². The van der Waals surface area contributed by atoms with E-state index in [2.05, 4.69) is 0 Å². The average molecular weight is 302 g/mol. The summed E-state index contributed by atoms with van der Waals surface area (Å²) in [6, 6.07) is 0. The molecular weight excluding hydrogens is 278 g/mol. The molecule has 0 bridgehead atoms. The summed E-state index contributed by atoms with van der Waals surface area (Å²) in [5, 5.41) is 0. The van der Waals surface area contributed by atoms with Crippen LogP contribution in [0.25, 0.3) is 0 Å². The minimum Gasteiger partial charge on any atom is -0.311 e. The third-order valence-corrected chi connectivity index (χ3v) is 3.72. The van der Waals surface area contributed by atoms with Gasteiger partial charge in [0.2, 0.25) is 0 Å². The normalized spacial score (nSPS) is 14.6. The summed E-state index contributed by atoms with van der Waals surface area (Å²) in [6.07, 6.45) is 3.68. The maximum Gasteiger partial charge on any atom is 0.319 e. The highest BCUT2D eigenvalue weighted by atomic mass is 31.1. The molecule has 8 heteroatoms. The van der Waals surface area contributed by atoms with E-state index in [1.165, 1.54) is 0 Å². The van der Waals surface area contributed by atoms with Gasteiger partial charge in [0.25, 0.3) is 0 Å². The predicted octanol–water partition coefficient (Wildman–Crippen LogP) is 3.43. The van der Waals surface area contributed by atoms with Crippen LogP contribution in [0.5, 0.6) is 0 Å². The van der Waals surface area contributed by atoms with Gasteiger partial charge in [-0.2, -0.15) is 0 Å². The Balaban J connectivity index is 3.32. The molecular formula is C10H24O6P2. The molecule has 0 fully saturated rings. The first-order chi connectivity index (χ1) is 8.70. The average Bonchev–Trinajstić information content (AvgIpc) is 2.35. The second kappa shape index (κ2) is 13.7. The lowest BCUT2D eigenvalue weighted by Gasteiger charge is -2.06. The Morgan fingerprint density at radius 1 is 0.667 bits per heavy atom. The van der Waals surface area contributed by atoms with Crippen molar-refractivity contribution >= 4 is 16.5 Å². The van der Waals surface area contributed by atoms with Gasteiger partial charge >= 0.3 is 16.5 Å². The fourth-order valence-electron chi connectivity index (χ4n) is 0.933. The molecule has 0 aliphatic heterocycles. The van der Waals surface area contributed by atoms with E-state index in [4.69, 9.17) is 18.1 Å². The largest absolute Gasteiger partial charge is 0.319 e. The van der Waals surface area contributed by atoms with Crippen LogP contribution in [0.4, 0.5) is 0 Å². The summed E-state index contributed by atoms with van der Waals surface area (Å²) >= 11 is 0. The Labute approximate surface area is 110 Å². The predicted molar refractivity (Wildman–Crippen MR) is 71.6 cm³/mol. The third-order valence-electron chi connectivity index (χ3n) is 1.96. The molecule has 0 aliphatic carbocycles. The number of unbranched alkanes of at least 4 members (excludes halogenated alkanes) is 2. The van der Waals surface area contributed by atoms with Gasteiger partial charge < -0.3 is 18.1 Å². The molecule has 0 aromatic rings. The van der Waals surface area contributed by atoms with Crippen LogP contribution in [0.1, 0.15) is 39.5 Å². The Bertz CT molecular complexity index is 212. The van der Waals surface area contributed by atoms with Crippen molar-refractivity contribution in [1.29, 1.82) is 0 Å². The lowest BCUT2D eigenvalue weighted by molar-refractivity contribution is 0.166. The zero-order valence-electron chi connectivity index (χ0n) is 11.1. The second-order valence-electron chi connectivity index (χ2n) is 3.60. The van der Waals surface area contributed by atoms with E-state index in [0.717, 1.165) is 25.7 Å². The molecule has 0 heterocycles. The SMILES string of the molecule is CCCCO[PH](=O)OCCO[PH](=O)OCCCC. The Kier molecular flexibility index (Phi) is 14.0. The van der Waals surface area contributed by atoms with Gasteiger partial charge in [-0.05, 0) is 12.8 Å². The monoisotopic (exact) mass is 302 g/mol. The zero-order valence-corrected chi connectivity index (χ0v) is 13.1. The fourth-order valence-corrected chi connectivity index (χ4v) is 2.22. The molecule has 0 aromatic carbocycles. The number of hydrogen-bond acceptors (Lipinski definition) is 6. The van der Waals surface area contributed by atoms with Crippen LogP contribution in [-0.2, 0) is 27.2 Å². The maximum atomic E-state index is 11.2. The van der Waals surface area contributed by atoms with Crippen molar-refractivity contribution in [2.75, 3.05) is 26.4 Å². The summed E-state index contributed by atoms with van der Waals surface area (Å²) in [6.45, 7) is 5.10. The van der Waals surface area contributed by atoms with Crippen LogP contribution in [0, 0.1) is 0 Å². The Morgan fingerprint density at radius 2 is 1.00 bits per heavy atom. The highest BCUT2D eigenvalue weighted by Crippen LogP contribution is 2.26. The molecule has 18 heavy (non-hydrogen) atoms. The fraction of sp³-hybridized carbons (Fsp3) is 1.00. The lowest BCUT2D eigenvalue weighted by Crippen LogP contribution is -1.98. The molecule has 110 valence electrons. The van der Waals surface area contributed by atoms with Crippen LogP contribution < -0.4 is 0 Å². The second-order valence-corrected chi connectivity index (χ2v) is 5.76. The zero-order chi connectivity index (χ0) is 13.6. The summed E-state index contributed by atoms with van der Waals surface area (Å²) in [4.78, 5) is 0. The van der Waals surface area contributed by atoms with Gasteiger partial charge in [0.1, 0.15) is 0 Å². The van der Waals surface area contributed by atoms with E-state index in [1.54, 1.807) is 0 Å². The van der Waals surface area contributed by atoms with E-state index in [0.29, 0.717) is 13.2 Å². The van der Waals surface area contributed by atoms with Gasteiger partial charge in [0, 0.05) is 0 Å². The van der Waals surface area contributed by atoms with Gasteiger partial charge in [-0.3, -0.25) is 9.13 Å². The molecule has 2 atom stereocenters. The van der Waals surface area contributed by atoms with E-state index < -0.39 is 16.5 Å². The summed E-state index contributed by atoms with van der Waals surface area (Å²) in [7, 11) is -4.88. The van der Waals surface area contributed by atoms with Crippen molar-refractivity contribution < 1.29 is 27.2 Å². The van der Waals surface area contributed by atoms with Crippen molar-refractivity contribution in [3.63, 3.8) is 0 Å². The smallest absolute Gasteiger partial charge is 0.311 e. The van der Waals surface area contributed by atoms with Gasteiger partial charge in [0.15, 0.2) is 0 Å². The highest BCUT2D eigenvalue weighted by Gasteiger charge is 2.02. The molecule has 0 N–H and O–H groups in total. The molecule has 0 aromatic heterocycles.